The number of sulfonamides is 1. The van der Waals surface area contributed by atoms with Crippen molar-refractivity contribution in [3.05, 3.63) is 47.0 Å². The maximum Gasteiger partial charge on any atom is 0.357 e. The normalized spacial score (nSPS) is 44.0. The number of piperidine rings is 1. The number of allylic oxidation sites excluding steroid dienone is 1. The number of nitrogens with one attached hydrogen (secondary N) is 1. The molecule has 1 N–H and O–H groups in total. The quantitative estimate of drug-likeness (QED) is 0.385. The van der Waals surface area contributed by atoms with E-state index in [4.69, 9.17) is 9.57 Å². The molecule has 2 aliphatic heterocycles. The molecule has 44 heavy (non-hydrogen) atoms. The van der Waals surface area contributed by atoms with E-state index in [1.165, 1.54) is 31.9 Å². The number of carbonyl (C=O) groups excluding carboxylic acids is 1. The molecule has 11 atom stereocenters. The average Bonchev–Trinajstić information content (AvgIpc) is 3.43. The fourth-order valence-corrected chi connectivity index (χ4v) is 12.1. The van der Waals surface area contributed by atoms with Crippen LogP contribution in [0.15, 0.2) is 41.5 Å². The Morgan fingerprint density at radius 2 is 1.84 bits per heavy atom. The molecule has 2 unspecified atom stereocenters. The number of hydrogen-bond acceptors (Lipinski definition) is 6. The summed E-state index contributed by atoms with van der Waals surface area (Å²) < 4.78 is 34.0. The van der Waals surface area contributed by atoms with Gasteiger partial charge >= 0.3 is 5.97 Å². The van der Waals surface area contributed by atoms with Crippen molar-refractivity contribution in [2.24, 2.45) is 40.9 Å². The Labute approximate surface area is 264 Å². The summed E-state index contributed by atoms with van der Waals surface area (Å²) in [7, 11) is -3.17. The number of hydroxylamine groups is 2. The third-order valence-electron chi connectivity index (χ3n) is 13.3. The predicted molar refractivity (Wildman–Crippen MR) is 171 cm³/mol. The van der Waals surface area contributed by atoms with Gasteiger partial charge in [0.2, 0.25) is 10.0 Å². The SMILES string of the molecule is CC1=C2CC3[C@@H](CC[C@@H]4C[C@H](NS(C)(=O)=O)CC[C@]34C)C2CC[C@@]2(C1)O[C@@H]1C[C@H](C)CN(OC(=O)c3ccccc3)[C@H]1[C@H]2C. The third-order valence-corrected chi connectivity index (χ3v) is 14.1. The molecule has 1 spiro atoms. The van der Waals surface area contributed by atoms with Crippen molar-refractivity contribution < 1.29 is 22.8 Å². The Kier molecular flexibility index (Phi) is 7.87. The van der Waals surface area contributed by atoms with Gasteiger partial charge in [0.05, 0.1) is 29.6 Å². The van der Waals surface area contributed by atoms with E-state index in [1.807, 2.05) is 35.4 Å². The van der Waals surface area contributed by atoms with Gasteiger partial charge in [0.1, 0.15) is 0 Å². The minimum Gasteiger partial charge on any atom is -0.369 e. The zero-order valence-electron chi connectivity index (χ0n) is 27.3. The number of carbonyl (C=O) groups is 1. The van der Waals surface area contributed by atoms with E-state index in [0.717, 1.165) is 51.0 Å². The number of benzene rings is 1. The predicted octanol–water partition coefficient (Wildman–Crippen LogP) is 6.51. The van der Waals surface area contributed by atoms with Gasteiger partial charge in [0.25, 0.3) is 0 Å². The molecule has 1 aromatic carbocycles. The van der Waals surface area contributed by atoms with Gasteiger partial charge in [0.15, 0.2) is 0 Å². The second-order valence-electron chi connectivity index (χ2n) is 15.9. The van der Waals surface area contributed by atoms with Crippen LogP contribution >= 0.6 is 0 Å². The molecule has 8 heteroatoms. The molecule has 242 valence electrons. The van der Waals surface area contributed by atoms with Crippen LogP contribution in [0.25, 0.3) is 0 Å². The van der Waals surface area contributed by atoms with Crippen LogP contribution in [-0.4, -0.2) is 56.0 Å². The summed E-state index contributed by atoms with van der Waals surface area (Å²) in [5.74, 6) is 3.02. The lowest BCUT2D eigenvalue weighted by molar-refractivity contribution is -0.182. The first-order valence-electron chi connectivity index (χ1n) is 17.2. The van der Waals surface area contributed by atoms with Crippen LogP contribution in [-0.2, 0) is 19.6 Å². The van der Waals surface area contributed by atoms with Crippen molar-refractivity contribution in [3.63, 3.8) is 0 Å². The van der Waals surface area contributed by atoms with E-state index in [9.17, 15) is 13.2 Å². The number of ether oxygens (including phenoxy) is 1. The molecule has 6 aliphatic rings. The Morgan fingerprint density at radius 1 is 1.07 bits per heavy atom. The molecule has 2 heterocycles. The zero-order chi connectivity index (χ0) is 31.0. The minimum absolute atomic E-state index is 0.0749. The first-order chi connectivity index (χ1) is 20.9. The van der Waals surface area contributed by atoms with Crippen LogP contribution in [0.3, 0.4) is 0 Å². The van der Waals surface area contributed by atoms with Gasteiger partial charge in [-0.2, -0.15) is 0 Å². The summed E-state index contributed by atoms with van der Waals surface area (Å²) >= 11 is 0. The van der Waals surface area contributed by atoms with Crippen molar-refractivity contribution in [1.82, 2.24) is 9.79 Å². The van der Waals surface area contributed by atoms with Crippen LogP contribution in [0.1, 0.15) is 102 Å². The molecule has 0 aromatic heterocycles. The van der Waals surface area contributed by atoms with E-state index in [2.05, 4.69) is 32.4 Å². The minimum atomic E-state index is -3.17. The largest absolute Gasteiger partial charge is 0.369 e. The van der Waals surface area contributed by atoms with Gasteiger partial charge in [-0.05, 0) is 118 Å². The molecule has 7 nitrogen and oxygen atoms in total. The maximum atomic E-state index is 13.1. The van der Waals surface area contributed by atoms with Gasteiger partial charge in [0, 0.05) is 18.5 Å². The second kappa shape index (κ2) is 11.2. The summed E-state index contributed by atoms with van der Waals surface area (Å²) in [6.45, 7) is 10.3. The van der Waals surface area contributed by atoms with E-state index < -0.39 is 10.0 Å². The fourth-order valence-electron chi connectivity index (χ4n) is 11.2. The highest BCUT2D eigenvalue weighted by Crippen LogP contribution is 2.65. The summed E-state index contributed by atoms with van der Waals surface area (Å²) in [6.07, 6.45) is 12.3. The van der Waals surface area contributed by atoms with Crippen LogP contribution in [0.5, 0.6) is 0 Å². The molecule has 7 rings (SSSR count). The molecule has 0 bridgehead atoms. The first kappa shape index (κ1) is 30.9. The maximum absolute atomic E-state index is 13.1. The molecule has 1 aromatic rings. The number of fused-ring (bicyclic) bond motifs is 6. The van der Waals surface area contributed by atoms with E-state index in [0.29, 0.717) is 34.7 Å². The van der Waals surface area contributed by atoms with Gasteiger partial charge in [-0.3, -0.25) is 0 Å². The Hall–Kier alpha value is -1.74. The molecule has 5 fully saturated rings. The van der Waals surface area contributed by atoms with Gasteiger partial charge < -0.3 is 9.57 Å². The third kappa shape index (κ3) is 5.29. The lowest BCUT2D eigenvalue weighted by Gasteiger charge is -2.54. The van der Waals surface area contributed by atoms with Crippen molar-refractivity contribution in [2.45, 2.75) is 116 Å². The van der Waals surface area contributed by atoms with E-state index >= 15 is 0 Å². The number of nitrogens with zero attached hydrogens (tertiary/aromatic N) is 1. The Morgan fingerprint density at radius 3 is 2.59 bits per heavy atom. The van der Waals surface area contributed by atoms with E-state index in [-0.39, 0.29) is 35.7 Å². The fraction of sp³-hybridized carbons (Fsp3) is 0.750. The molecule has 0 amide bonds. The van der Waals surface area contributed by atoms with Crippen LogP contribution in [0.2, 0.25) is 0 Å². The summed E-state index contributed by atoms with van der Waals surface area (Å²) in [6, 6.07) is 9.49. The van der Waals surface area contributed by atoms with Crippen LogP contribution in [0.4, 0.5) is 0 Å². The van der Waals surface area contributed by atoms with Crippen molar-refractivity contribution >= 4 is 16.0 Å². The number of rotatable bonds is 4. The second-order valence-corrected chi connectivity index (χ2v) is 17.7. The van der Waals surface area contributed by atoms with Crippen molar-refractivity contribution in [1.29, 1.82) is 0 Å². The Balaban J connectivity index is 1.10. The molecule has 3 saturated carbocycles. The lowest BCUT2D eigenvalue weighted by atomic mass is 9.52. The first-order valence-corrected chi connectivity index (χ1v) is 19.1. The zero-order valence-corrected chi connectivity index (χ0v) is 28.1. The molecule has 0 radical (unpaired) electrons. The smallest absolute Gasteiger partial charge is 0.357 e. The highest BCUT2D eigenvalue weighted by molar-refractivity contribution is 7.88. The summed E-state index contributed by atoms with van der Waals surface area (Å²) in [5, 5.41) is 1.98. The standard InChI is InChI=1S/C36H52N2O5S/c1-22-17-32-33(38(21-22)43-34(39)25-9-7-6-8-10-25)24(3)36(42-32)16-14-28-29-12-11-26-18-27(37-44(5,40)41)13-15-35(26,4)31(29)19-30(28)23(2)20-36/h6-10,22,24,26-29,31-33,37H,11-21H2,1-5H3/t22-,24+,26+,27+,28?,29-,31?,32+,33-,35-,36-/m0/s1. The highest BCUT2D eigenvalue weighted by Gasteiger charge is 2.61. The Bertz CT molecular complexity index is 1410. The molecular formula is C36H52N2O5S. The van der Waals surface area contributed by atoms with Gasteiger partial charge in [-0.1, -0.05) is 50.1 Å². The summed E-state index contributed by atoms with van der Waals surface area (Å²) in [5.41, 5.74) is 3.91. The van der Waals surface area contributed by atoms with Gasteiger partial charge in [-0.15, -0.1) is 5.06 Å². The average molecular weight is 625 g/mol. The molecular weight excluding hydrogens is 572 g/mol. The molecule has 4 aliphatic carbocycles. The summed E-state index contributed by atoms with van der Waals surface area (Å²) in [4.78, 5) is 19.2. The molecule has 2 saturated heterocycles. The monoisotopic (exact) mass is 624 g/mol. The van der Waals surface area contributed by atoms with E-state index in [1.54, 1.807) is 11.1 Å². The van der Waals surface area contributed by atoms with Crippen molar-refractivity contribution in [2.75, 3.05) is 12.8 Å². The highest BCUT2D eigenvalue weighted by atomic mass is 32.2. The van der Waals surface area contributed by atoms with Crippen LogP contribution < -0.4 is 4.72 Å². The number of hydrogen-bond donors (Lipinski definition) is 1. The lowest BCUT2D eigenvalue weighted by Crippen LogP contribution is -2.52. The topological polar surface area (TPSA) is 84.9 Å². The van der Waals surface area contributed by atoms with Gasteiger partial charge in [-0.25, -0.2) is 17.9 Å². The van der Waals surface area contributed by atoms with Crippen LogP contribution in [0, 0.1) is 40.9 Å². The van der Waals surface area contributed by atoms with Crippen molar-refractivity contribution in [3.8, 4) is 0 Å².